The molecule has 684 valence electrons. The molecule has 0 atom stereocenters. The maximum absolute atomic E-state index is 5.45. The van der Waals surface area contributed by atoms with Gasteiger partial charge in [0.05, 0.1) is 145 Å². The number of hydrogen-bond acceptors (Lipinski definition) is 6. The first-order valence-electron chi connectivity index (χ1n) is 45.1. The summed E-state index contributed by atoms with van der Waals surface area (Å²) in [5.41, 5.74) is 35.8. The van der Waals surface area contributed by atoms with Crippen LogP contribution in [0, 0.1) is 90.0 Å². The van der Waals surface area contributed by atoms with Gasteiger partial charge in [-0.3, -0.25) is 15.0 Å². The fourth-order valence-corrected chi connectivity index (χ4v) is 27.3. The van der Waals surface area contributed by atoms with Gasteiger partial charge in [0.1, 0.15) is 0 Å². The van der Waals surface area contributed by atoms with Gasteiger partial charge in [-0.05, 0) is 269 Å². The quantitative estimate of drug-likeness (QED) is 0.0539. The van der Waals surface area contributed by atoms with Gasteiger partial charge >= 0.3 is 100.0 Å². The average molecular weight is 2060 g/mol. The maximum atomic E-state index is 5.45. The molecule has 0 saturated carbocycles. The normalized spacial score (nSPS) is 14.2. The zero-order valence-electron chi connectivity index (χ0n) is 78.6. The fraction of sp³-hybridized carbons (Fsp3) is 0.217. The predicted octanol–water partition coefficient (Wildman–Crippen LogP) is 30.3. The van der Waals surface area contributed by atoms with E-state index in [1.165, 1.54) is 181 Å². The van der Waals surface area contributed by atoms with Crippen LogP contribution in [0.25, 0.3) is 32.3 Å². The molecule has 0 saturated heterocycles. The second-order valence-electron chi connectivity index (χ2n) is 35.4. The Balaban J connectivity index is 0.000000162. The van der Waals surface area contributed by atoms with Crippen LogP contribution in [0.5, 0.6) is 0 Å². The molecular weight excluding hydrogens is 1940 g/mol. The van der Waals surface area contributed by atoms with Crippen molar-refractivity contribution in [1.29, 1.82) is 0 Å². The summed E-state index contributed by atoms with van der Waals surface area (Å²) in [4.78, 5) is 32.4. The van der Waals surface area contributed by atoms with Crippen molar-refractivity contribution in [3.63, 3.8) is 0 Å². The van der Waals surface area contributed by atoms with Crippen LogP contribution in [0.15, 0.2) is 321 Å². The number of para-hydroxylation sites is 2. The van der Waals surface area contributed by atoms with Crippen molar-refractivity contribution < 1.29 is 39.4 Å². The Bertz CT molecular complexity index is 6650. The molecule has 0 aromatic heterocycles. The number of benzene rings is 15. The van der Waals surface area contributed by atoms with E-state index >= 15 is 0 Å². The zero-order chi connectivity index (χ0) is 94.7. The van der Waals surface area contributed by atoms with E-state index in [9.17, 15) is 0 Å². The molecule has 0 bridgehead atoms. The van der Waals surface area contributed by atoms with Gasteiger partial charge in [-0.15, -0.1) is 0 Å². The number of rotatable bonds is 20. The molecule has 18 rings (SSSR count). The van der Waals surface area contributed by atoms with E-state index in [0.29, 0.717) is 11.8 Å². The van der Waals surface area contributed by atoms with Gasteiger partial charge in [0.2, 0.25) is 0 Å². The second kappa shape index (κ2) is 48.6. The van der Waals surface area contributed by atoms with E-state index in [0.717, 1.165) is 89.5 Å². The van der Waals surface area contributed by atoms with E-state index < -0.39 is 23.8 Å². The van der Waals surface area contributed by atoms with Crippen LogP contribution in [0.4, 0.5) is 17.1 Å². The van der Waals surface area contributed by atoms with Gasteiger partial charge in [0.15, 0.2) is 0 Å². The topological polar surface area (TPSA) is 74.2 Å². The molecule has 15 aromatic rings. The first-order valence-corrected chi connectivity index (χ1v) is 59.3. The molecule has 3 aliphatic rings. The van der Waals surface area contributed by atoms with Crippen LogP contribution in [0.1, 0.15) is 156 Å². The van der Waals surface area contributed by atoms with Crippen LogP contribution in [-0.2, 0) is 39.4 Å². The Morgan fingerprint density at radius 2 is 0.459 bits per heavy atom. The third kappa shape index (κ3) is 25.2. The molecule has 18 heteroatoms. The third-order valence-electron chi connectivity index (χ3n) is 24.4. The van der Waals surface area contributed by atoms with Gasteiger partial charge in [0, 0.05) is 49.5 Å². The minimum atomic E-state index is -1.04. The van der Waals surface area contributed by atoms with Gasteiger partial charge < -0.3 is 0 Å². The van der Waals surface area contributed by atoms with Crippen molar-refractivity contribution >= 4 is 200 Å². The van der Waals surface area contributed by atoms with E-state index in [4.69, 9.17) is 90.5 Å². The van der Waals surface area contributed by atoms with Crippen molar-refractivity contribution in [2.45, 2.75) is 130 Å². The van der Waals surface area contributed by atoms with Crippen LogP contribution >= 0.6 is 84.4 Å². The van der Waals surface area contributed by atoms with Crippen molar-refractivity contribution in [2.75, 3.05) is 38.1 Å². The first-order chi connectivity index (χ1) is 64.2. The molecule has 0 heterocycles. The molecule has 0 amide bonds. The average Bonchev–Trinajstić information content (AvgIpc) is 1.60. The molecule has 6 nitrogen and oxygen atoms in total. The molecule has 133 heavy (non-hydrogen) atoms. The molecular formula is C115H116Cl6Fe3N6P3+3. The Kier molecular flexibility index (Phi) is 37.3. The van der Waals surface area contributed by atoms with Gasteiger partial charge in [0.25, 0.3) is 0 Å². The number of nitrogens with zero attached hydrogens (tertiary/aromatic N) is 6. The van der Waals surface area contributed by atoms with Gasteiger partial charge in [-0.1, -0.05) is 252 Å². The summed E-state index contributed by atoms with van der Waals surface area (Å²) < 4.78 is 0. The first kappa shape index (κ1) is 102. The van der Waals surface area contributed by atoms with Crippen LogP contribution < -0.4 is 31.8 Å². The van der Waals surface area contributed by atoms with Crippen LogP contribution in [0.3, 0.4) is 0 Å². The Morgan fingerprint density at radius 3 is 0.714 bits per heavy atom. The van der Waals surface area contributed by atoms with Crippen molar-refractivity contribution in [2.24, 2.45) is 30.0 Å². The number of hydrogen-bond donors (Lipinski definition) is 0. The third-order valence-corrected chi connectivity index (χ3v) is 32.6. The summed E-state index contributed by atoms with van der Waals surface area (Å²) in [5, 5.41) is 16.3. The van der Waals surface area contributed by atoms with E-state index in [2.05, 4.69) is 409 Å². The Labute approximate surface area is 836 Å². The predicted molar refractivity (Wildman–Crippen MR) is 585 cm³/mol. The number of aryl methyl sites for hydroxylation is 13. The molecule has 0 radical (unpaired) electrons. The van der Waals surface area contributed by atoms with Crippen LogP contribution in [0.2, 0.25) is 0 Å². The van der Waals surface area contributed by atoms with Gasteiger partial charge in [-0.25, -0.2) is 15.0 Å². The molecule has 3 aliphatic carbocycles. The summed E-state index contributed by atoms with van der Waals surface area (Å²) in [6, 6.07) is 107. The van der Waals surface area contributed by atoms with Crippen LogP contribution in [-0.4, -0.2) is 72.4 Å². The van der Waals surface area contributed by atoms with Gasteiger partial charge in [-0.2, -0.15) is 0 Å². The molecule has 0 N–H and O–H groups in total. The Morgan fingerprint density at radius 1 is 0.233 bits per heavy atom. The summed E-state index contributed by atoms with van der Waals surface area (Å²) in [6.07, 6.45) is 3.09. The molecule has 0 spiro atoms. The monoisotopic (exact) mass is 2050 g/mol. The van der Waals surface area contributed by atoms with E-state index in [1.807, 2.05) is 0 Å². The fourth-order valence-electron chi connectivity index (χ4n) is 19.2. The van der Waals surface area contributed by atoms with Crippen molar-refractivity contribution in [3.8, 4) is 0 Å². The summed E-state index contributed by atoms with van der Waals surface area (Å²) >= 11 is 0.583. The van der Waals surface area contributed by atoms with Crippen molar-refractivity contribution in [3.05, 3.63) is 408 Å². The summed E-state index contributed by atoms with van der Waals surface area (Å²) in [6.45, 7) is 39.8. The number of aliphatic imine (C=N–C) groups is 6. The minimum absolute atomic E-state index is 0.194. The van der Waals surface area contributed by atoms with Crippen molar-refractivity contribution in [1.82, 2.24) is 0 Å². The summed E-state index contributed by atoms with van der Waals surface area (Å²) in [5.74, 6) is 0.783. The molecule has 0 fully saturated rings. The van der Waals surface area contributed by atoms with E-state index in [1.54, 1.807) is 0 Å². The second-order valence-corrected chi connectivity index (χ2v) is 48.7. The zero-order valence-corrected chi connectivity index (χ0v) is 89.5. The molecule has 15 aromatic carbocycles. The Hall–Kier alpha value is -8.31. The van der Waals surface area contributed by atoms with E-state index in [-0.39, 0.29) is 39.4 Å². The summed E-state index contributed by atoms with van der Waals surface area (Å²) in [7, 11) is 25.5. The standard InChI is InChI=1S/C40H41N2P.C39H39N2P.C36H33N2P.6ClH.3Fe/c1-25(2)34-14-8-11-30(7)38(34)42-40-36-16-10-13-31-12-9-15-35(37(31)36)39(40)41-17-18-43(32-21-26(3)19-27(4)22-32)33-23-28(5)20-29(6)24-33;1-24-16-25(2)21-32(20-24)42(33-22-26(3)17-27(4)23-33)15-14-40-38-34-12-8-10-31-11-9-13-35(36(31)34)39(38)41-37-29(6)18-28(5)19-30(37)7;1-25(2)30-20-10-13-26(3)34(30)38-36-32-22-12-15-27-14-11-21-31(33(27)32)35(36)37-23-24-39(28-16-6-4-7-17-28)29-18-8-5-9-19-29;;;;;;;;;/h8-16,19-25H,17-18H2,1-7H3;8-13,16-23H,14-15H2,1-7H3;4-22,25H,23-24H2,1-3H3;6*1H;;;/q;;;;;;;;;3*+2/p-3. The number of halogens is 6. The molecule has 0 unspecified atom stereocenters. The molecule has 0 aliphatic heterocycles. The SMILES string of the molecule is Cc1cc(C)cc([PH+](CCN=C2C(=Nc3c(C)cc(C)cc3C)c3cccc4cccc2c34)c2cc(C)cc(C)c2)c1.Cc1cc(C)cc([PH+](CCN=C2C(=Nc3c(C)cccc3C(C)C)c3cccc4cccc2c34)c2cc(C)cc(C)c2)c1.Cc1cccc(C(C)C)c1N=C1C(=NCC[PH+](c2ccccc2)c2ccccc2)c2cccc3cccc1c23.[Cl][Fe][Cl].[Cl][Fe][Cl].[Cl][Fe][Cl].